The number of nitrogens with zero attached hydrogens (tertiary/aromatic N) is 1. The summed E-state index contributed by atoms with van der Waals surface area (Å²) in [5.74, 6) is -0.335. The monoisotopic (exact) mass is 338 g/mol. The number of ketones is 1. The Labute approximate surface area is 147 Å². The zero-order chi connectivity index (χ0) is 18.4. The first kappa shape index (κ1) is 18.4. The van der Waals surface area contributed by atoms with Gasteiger partial charge in [-0.05, 0) is 49.7 Å². The number of carbonyl (C=O) groups is 3. The number of benzene rings is 2. The van der Waals surface area contributed by atoms with E-state index in [9.17, 15) is 14.4 Å². The fraction of sp³-hybridized carbons (Fsp3) is 0.250. The summed E-state index contributed by atoms with van der Waals surface area (Å²) in [5.41, 5.74) is 3.01. The van der Waals surface area contributed by atoms with Gasteiger partial charge in [0.2, 0.25) is 11.8 Å². The van der Waals surface area contributed by atoms with E-state index in [-0.39, 0.29) is 30.6 Å². The molecular formula is C20H22N2O3. The fourth-order valence-corrected chi connectivity index (χ4v) is 2.48. The Morgan fingerprint density at radius 2 is 1.60 bits per heavy atom. The summed E-state index contributed by atoms with van der Waals surface area (Å²) < 4.78 is 0. The molecule has 1 N–H and O–H groups in total. The second kappa shape index (κ2) is 8.24. The van der Waals surface area contributed by atoms with Crippen LogP contribution in [0, 0.1) is 6.92 Å². The van der Waals surface area contributed by atoms with Crippen LogP contribution in [0.3, 0.4) is 0 Å². The molecule has 0 aliphatic carbocycles. The summed E-state index contributed by atoms with van der Waals surface area (Å²) in [6.45, 7) is 5.15. The van der Waals surface area contributed by atoms with Crippen molar-refractivity contribution in [2.24, 2.45) is 0 Å². The normalized spacial score (nSPS) is 10.2. The van der Waals surface area contributed by atoms with Gasteiger partial charge in [0.05, 0.1) is 0 Å². The first-order valence-corrected chi connectivity index (χ1v) is 8.13. The minimum absolute atomic E-state index is 0.0291. The molecule has 0 bridgehead atoms. The van der Waals surface area contributed by atoms with E-state index in [1.54, 1.807) is 24.3 Å². The summed E-state index contributed by atoms with van der Waals surface area (Å²) in [6.07, 6.45) is 0.183. The van der Waals surface area contributed by atoms with Crippen LogP contribution in [0.1, 0.15) is 36.2 Å². The van der Waals surface area contributed by atoms with Gasteiger partial charge in [-0.3, -0.25) is 14.4 Å². The van der Waals surface area contributed by atoms with Gasteiger partial charge >= 0.3 is 0 Å². The molecule has 2 aromatic rings. The van der Waals surface area contributed by atoms with Crippen LogP contribution < -0.4 is 10.2 Å². The van der Waals surface area contributed by atoms with E-state index in [2.05, 4.69) is 5.32 Å². The standard InChI is InChI=1S/C20H22N2O3/c1-14-6-4-5-7-19(14)21-20(25)12-13-22(16(3)24)18-10-8-17(9-11-18)15(2)23/h4-11H,12-13H2,1-3H3,(H,21,25). The number of amides is 2. The zero-order valence-corrected chi connectivity index (χ0v) is 14.7. The predicted octanol–water partition coefficient (Wildman–Crippen LogP) is 3.58. The van der Waals surface area contributed by atoms with Crippen LogP contribution in [0.5, 0.6) is 0 Å². The number of carbonyl (C=O) groups excluding carboxylic acids is 3. The number of aryl methyl sites for hydroxylation is 1. The predicted molar refractivity (Wildman–Crippen MR) is 98.9 cm³/mol. The van der Waals surface area contributed by atoms with E-state index in [1.165, 1.54) is 18.7 Å². The smallest absolute Gasteiger partial charge is 0.226 e. The van der Waals surface area contributed by atoms with E-state index in [4.69, 9.17) is 0 Å². The van der Waals surface area contributed by atoms with E-state index in [0.29, 0.717) is 11.3 Å². The summed E-state index contributed by atoms with van der Waals surface area (Å²) in [5, 5.41) is 2.86. The van der Waals surface area contributed by atoms with E-state index < -0.39 is 0 Å². The molecule has 5 nitrogen and oxygen atoms in total. The number of Topliss-reactive ketones (excluding diaryl/α,β-unsaturated/α-hetero) is 1. The number of rotatable bonds is 6. The van der Waals surface area contributed by atoms with Gasteiger partial charge in [-0.25, -0.2) is 0 Å². The molecule has 2 rings (SSSR count). The molecule has 0 aliphatic rings. The first-order valence-electron chi connectivity index (χ1n) is 8.13. The molecular weight excluding hydrogens is 316 g/mol. The minimum atomic E-state index is -0.153. The van der Waals surface area contributed by atoms with Crippen LogP contribution in [-0.2, 0) is 9.59 Å². The molecule has 0 spiro atoms. The molecule has 0 aliphatic heterocycles. The maximum atomic E-state index is 12.2. The molecule has 0 atom stereocenters. The Balaban J connectivity index is 2.02. The first-order chi connectivity index (χ1) is 11.9. The van der Waals surface area contributed by atoms with Crippen molar-refractivity contribution in [2.75, 3.05) is 16.8 Å². The molecule has 130 valence electrons. The van der Waals surface area contributed by atoms with Crippen LogP contribution >= 0.6 is 0 Å². The molecule has 0 radical (unpaired) electrons. The number of hydrogen-bond donors (Lipinski definition) is 1. The van der Waals surface area contributed by atoms with Gasteiger partial charge in [-0.2, -0.15) is 0 Å². The highest BCUT2D eigenvalue weighted by Gasteiger charge is 2.14. The average Bonchev–Trinajstić information content (AvgIpc) is 2.57. The summed E-state index contributed by atoms with van der Waals surface area (Å²) in [4.78, 5) is 37.0. The molecule has 0 saturated carbocycles. The Morgan fingerprint density at radius 1 is 0.960 bits per heavy atom. The lowest BCUT2D eigenvalue weighted by atomic mass is 10.1. The van der Waals surface area contributed by atoms with Crippen molar-refractivity contribution in [1.29, 1.82) is 0 Å². The highest BCUT2D eigenvalue weighted by Crippen LogP contribution is 2.17. The second-order valence-corrected chi connectivity index (χ2v) is 5.89. The molecule has 0 heterocycles. The molecule has 0 aromatic heterocycles. The number of hydrogen-bond acceptors (Lipinski definition) is 3. The van der Waals surface area contributed by atoms with E-state index >= 15 is 0 Å². The second-order valence-electron chi connectivity index (χ2n) is 5.89. The molecule has 0 unspecified atom stereocenters. The lowest BCUT2D eigenvalue weighted by molar-refractivity contribution is -0.117. The van der Waals surface area contributed by atoms with Crippen LogP contribution in [0.15, 0.2) is 48.5 Å². The largest absolute Gasteiger partial charge is 0.326 e. The minimum Gasteiger partial charge on any atom is -0.326 e. The third kappa shape index (κ3) is 5.01. The van der Waals surface area contributed by atoms with Crippen LogP contribution in [0.25, 0.3) is 0 Å². The lowest BCUT2D eigenvalue weighted by Gasteiger charge is -2.21. The SMILES string of the molecule is CC(=O)c1ccc(N(CCC(=O)Nc2ccccc2C)C(C)=O)cc1. The van der Waals surface area contributed by atoms with Gasteiger partial charge in [-0.1, -0.05) is 18.2 Å². The van der Waals surface area contributed by atoms with Gasteiger partial charge < -0.3 is 10.2 Å². The maximum Gasteiger partial charge on any atom is 0.226 e. The Morgan fingerprint density at radius 3 is 2.16 bits per heavy atom. The van der Waals surface area contributed by atoms with Crippen LogP contribution in [0.4, 0.5) is 11.4 Å². The Bertz CT molecular complexity index is 782. The molecule has 2 amide bonds. The van der Waals surface area contributed by atoms with Gasteiger partial charge in [0.15, 0.2) is 5.78 Å². The fourth-order valence-electron chi connectivity index (χ4n) is 2.48. The van der Waals surface area contributed by atoms with Gasteiger partial charge in [-0.15, -0.1) is 0 Å². The molecule has 5 heteroatoms. The summed E-state index contributed by atoms with van der Waals surface area (Å²) >= 11 is 0. The van der Waals surface area contributed by atoms with Crippen molar-refractivity contribution in [2.45, 2.75) is 27.2 Å². The third-order valence-electron chi connectivity index (χ3n) is 3.95. The van der Waals surface area contributed by atoms with E-state index in [0.717, 1.165) is 11.3 Å². The maximum absolute atomic E-state index is 12.2. The van der Waals surface area contributed by atoms with E-state index in [1.807, 2.05) is 31.2 Å². The highest BCUT2D eigenvalue weighted by molar-refractivity contribution is 5.97. The average molecular weight is 338 g/mol. The van der Waals surface area contributed by atoms with Crippen molar-refractivity contribution in [3.05, 3.63) is 59.7 Å². The topological polar surface area (TPSA) is 66.5 Å². The molecule has 2 aromatic carbocycles. The zero-order valence-electron chi connectivity index (χ0n) is 14.7. The van der Waals surface area contributed by atoms with Crippen molar-refractivity contribution < 1.29 is 14.4 Å². The summed E-state index contributed by atoms with van der Waals surface area (Å²) in [7, 11) is 0. The molecule has 0 saturated heterocycles. The third-order valence-corrected chi connectivity index (χ3v) is 3.95. The number of nitrogens with one attached hydrogen (secondary N) is 1. The van der Waals surface area contributed by atoms with Gasteiger partial charge in [0.1, 0.15) is 0 Å². The molecule has 0 fully saturated rings. The van der Waals surface area contributed by atoms with Crippen LogP contribution in [-0.4, -0.2) is 24.1 Å². The van der Waals surface area contributed by atoms with Crippen molar-refractivity contribution in [1.82, 2.24) is 0 Å². The number of anilines is 2. The van der Waals surface area contributed by atoms with Crippen LogP contribution in [0.2, 0.25) is 0 Å². The Hall–Kier alpha value is -2.95. The highest BCUT2D eigenvalue weighted by atomic mass is 16.2. The molecule has 25 heavy (non-hydrogen) atoms. The van der Waals surface area contributed by atoms with Crippen molar-refractivity contribution >= 4 is 29.0 Å². The van der Waals surface area contributed by atoms with Crippen molar-refractivity contribution in [3.8, 4) is 0 Å². The number of para-hydroxylation sites is 1. The quantitative estimate of drug-likeness (QED) is 0.819. The van der Waals surface area contributed by atoms with Gasteiger partial charge in [0, 0.05) is 36.8 Å². The summed E-state index contributed by atoms with van der Waals surface area (Å²) in [6, 6.07) is 14.3. The van der Waals surface area contributed by atoms with Gasteiger partial charge in [0.25, 0.3) is 0 Å². The Kier molecular flexibility index (Phi) is 6.06. The lowest BCUT2D eigenvalue weighted by Crippen LogP contribution is -2.32. The van der Waals surface area contributed by atoms with Crippen molar-refractivity contribution in [3.63, 3.8) is 0 Å².